The number of likely N-dealkylation sites (N-methyl/N-ethyl adjacent to an activating group) is 1. The Balaban J connectivity index is 5.39. The maximum absolute atomic E-state index is 11.3. The first-order valence-corrected chi connectivity index (χ1v) is 34.3. The molecular weight excluding hydrogens is 983 g/mol. The Morgan fingerprint density at radius 3 is 0.650 bits per heavy atom. The third kappa shape index (κ3) is 60.2. The summed E-state index contributed by atoms with van der Waals surface area (Å²) in [5.41, 5.74) is 0. The first kappa shape index (κ1) is 77.6. The molecule has 0 heterocycles. The zero-order valence-corrected chi connectivity index (χ0v) is 53.6. The van der Waals surface area contributed by atoms with Gasteiger partial charge in [-0.2, -0.15) is 0 Å². The van der Waals surface area contributed by atoms with E-state index < -0.39 is 24.4 Å². The molecule has 4 atom stereocenters. The van der Waals surface area contributed by atoms with Gasteiger partial charge in [-0.3, -0.25) is 9.80 Å². The Bertz CT molecular complexity index is 1280. The largest absolute Gasteiger partial charge is 0.392 e. The summed E-state index contributed by atoms with van der Waals surface area (Å²) in [7, 11) is 2.17. The van der Waals surface area contributed by atoms with Crippen LogP contribution in [0, 0.1) is 0 Å². The van der Waals surface area contributed by atoms with Crippen molar-refractivity contribution in [3.8, 4) is 0 Å². The lowest BCUT2D eigenvalue weighted by atomic mass is 10.1. The SMILES string of the molecule is CCCCC/C=C\C/C=C\CCCCCC(O)CN(CCN(C)CCN(CC(O)CCCCC/C=C\C/C=C\CCCCC)CC(O)CCCCC/C=C\C/C=C\CCCCC)CC(O)CCCCC/C=C\C/C=C\CCCCC. The van der Waals surface area contributed by atoms with Crippen LogP contribution in [0.15, 0.2) is 97.2 Å². The van der Waals surface area contributed by atoms with Crippen molar-refractivity contribution in [3.63, 3.8) is 0 Å². The van der Waals surface area contributed by atoms with Gasteiger partial charge in [-0.25, -0.2) is 0 Å². The van der Waals surface area contributed by atoms with E-state index >= 15 is 0 Å². The number of hydrogen-bond donors (Lipinski definition) is 4. The molecular formula is C73H135N3O4. The number of allylic oxidation sites excluding steroid dienone is 16. The molecule has 4 unspecified atom stereocenters. The Kier molecular flexibility index (Phi) is 62.3. The maximum atomic E-state index is 11.3. The number of nitrogens with zero attached hydrogens (tertiary/aromatic N) is 3. The van der Waals surface area contributed by atoms with Crippen LogP contribution in [-0.2, 0) is 0 Å². The Morgan fingerprint density at radius 2 is 0.450 bits per heavy atom. The molecule has 0 aliphatic rings. The summed E-state index contributed by atoms with van der Waals surface area (Å²) in [4.78, 5) is 6.96. The molecule has 0 spiro atoms. The number of aliphatic hydroxyl groups is 4. The molecule has 7 heteroatoms. The molecule has 0 amide bonds. The van der Waals surface area contributed by atoms with Crippen molar-refractivity contribution in [3.05, 3.63) is 97.2 Å². The van der Waals surface area contributed by atoms with Gasteiger partial charge in [-0.1, -0.05) is 228 Å². The summed E-state index contributed by atoms with van der Waals surface area (Å²) in [5.74, 6) is 0. The van der Waals surface area contributed by atoms with Crippen LogP contribution >= 0.6 is 0 Å². The lowest BCUT2D eigenvalue weighted by molar-refractivity contribution is 0.0492. The molecule has 466 valence electrons. The molecule has 0 fully saturated rings. The molecule has 0 rings (SSSR count). The van der Waals surface area contributed by atoms with Gasteiger partial charge in [0.05, 0.1) is 24.4 Å². The van der Waals surface area contributed by atoms with E-state index in [0.717, 1.165) is 180 Å². The highest BCUT2D eigenvalue weighted by Gasteiger charge is 2.19. The van der Waals surface area contributed by atoms with Crippen molar-refractivity contribution >= 4 is 0 Å². The Morgan fingerprint density at radius 1 is 0.250 bits per heavy atom. The van der Waals surface area contributed by atoms with Gasteiger partial charge in [0.2, 0.25) is 0 Å². The molecule has 0 aromatic heterocycles. The van der Waals surface area contributed by atoms with Gasteiger partial charge in [0, 0.05) is 52.4 Å². The van der Waals surface area contributed by atoms with E-state index in [2.05, 4.69) is 147 Å². The maximum Gasteiger partial charge on any atom is 0.0667 e. The van der Waals surface area contributed by atoms with Crippen molar-refractivity contribution in [1.82, 2.24) is 14.7 Å². The quantitative estimate of drug-likeness (QED) is 0.0356. The zero-order valence-electron chi connectivity index (χ0n) is 53.6. The fourth-order valence-electron chi connectivity index (χ4n) is 10.2. The second kappa shape index (κ2) is 64.2. The fourth-order valence-corrected chi connectivity index (χ4v) is 10.2. The summed E-state index contributed by atoms with van der Waals surface area (Å²) in [6, 6.07) is 0. The second-order valence-electron chi connectivity index (χ2n) is 23.7. The number of hydrogen-bond acceptors (Lipinski definition) is 7. The zero-order chi connectivity index (χ0) is 58.3. The van der Waals surface area contributed by atoms with Crippen molar-refractivity contribution < 1.29 is 20.4 Å². The topological polar surface area (TPSA) is 90.6 Å². The third-order valence-electron chi connectivity index (χ3n) is 15.4. The highest BCUT2D eigenvalue weighted by atomic mass is 16.3. The molecule has 4 N–H and O–H groups in total. The van der Waals surface area contributed by atoms with Gasteiger partial charge in [0.15, 0.2) is 0 Å². The summed E-state index contributed by atoms with van der Waals surface area (Å²) < 4.78 is 0. The predicted octanol–water partition coefficient (Wildman–Crippen LogP) is 19.1. The molecule has 0 radical (unpaired) electrons. The van der Waals surface area contributed by atoms with Gasteiger partial charge in [0.1, 0.15) is 0 Å². The van der Waals surface area contributed by atoms with Crippen molar-refractivity contribution in [2.24, 2.45) is 0 Å². The van der Waals surface area contributed by atoms with Gasteiger partial charge in [0.25, 0.3) is 0 Å². The number of rotatable bonds is 62. The van der Waals surface area contributed by atoms with Gasteiger partial charge in [-0.05, 0) is 161 Å². The lowest BCUT2D eigenvalue weighted by Crippen LogP contribution is -2.44. The van der Waals surface area contributed by atoms with Crippen LogP contribution < -0.4 is 0 Å². The molecule has 0 aliphatic carbocycles. The van der Waals surface area contributed by atoms with Crippen molar-refractivity contribution in [1.29, 1.82) is 0 Å². The first-order chi connectivity index (χ1) is 39.2. The predicted molar refractivity (Wildman–Crippen MR) is 355 cm³/mol. The lowest BCUT2D eigenvalue weighted by Gasteiger charge is -2.31. The van der Waals surface area contributed by atoms with E-state index in [-0.39, 0.29) is 0 Å². The monoisotopic (exact) mass is 1120 g/mol. The highest BCUT2D eigenvalue weighted by molar-refractivity contribution is 4.95. The minimum absolute atomic E-state index is 0.412. The average Bonchev–Trinajstić information content (AvgIpc) is 3.44. The number of aliphatic hydroxyl groups excluding tert-OH is 4. The van der Waals surface area contributed by atoms with Gasteiger partial charge >= 0.3 is 0 Å². The van der Waals surface area contributed by atoms with Crippen LogP contribution in [0.5, 0.6) is 0 Å². The fraction of sp³-hybridized carbons (Fsp3) is 0.781. The van der Waals surface area contributed by atoms with Crippen LogP contribution in [0.1, 0.15) is 285 Å². The molecule has 0 saturated carbocycles. The van der Waals surface area contributed by atoms with E-state index in [1.807, 2.05) is 0 Å². The molecule has 0 aliphatic heterocycles. The van der Waals surface area contributed by atoms with Gasteiger partial charge < -0.3 is 25.3 Å². The molecule has 0 aromatic carbocycles. The van der Waals surface area contributed by atoms with Crippen LogP contribution in [0.4, 0.5) is 0 Å². The van der Waals surface area contributed by atoms with Crippen LogP contribution in [-0.4, -0.2) is 119 Å². The third-order valence-corrected chi connectivity index (χ3v) is 15.4. The van der Waals surface area contributed by atoms with Crippen LogP contribution in [0.3, 0.4) is 0 Å². The minimum atomic E-state index is -0.412. The average molecular weight is 1120 g/mol. The van der Waals surface area contributed by atoms with E-state index in [1.54, 1.807) is 0 Å². The molecule has 80 heavy (non-hydrogen) atoms. The first-order valence-electron chi connectivity index (χ1n) is 34.3. The molecule has 0 bridgehead atoms. The van der Waals surface area contributed by atoms with E-state index in [9.17, 15) is 20.4 Å². The highest BCUT2D eigenvalue weighted by Crippen LogP contribution is 2.15. The van der Waals surface area contributed by atoms with Crippen LogP contribution in [0.25, 0.3) is 0 Å². The molecule has 7 nitrogen and oxygen atoms in total. The Labute approximate surface area is 498 Å². The molecule has 0 aromatic rings. The summed E-state index contributed by atoms with van der Waals surface area (Å²) in [5, 5.41) is 45.3. The van der Waals surface area contributed by atoms with Crippen molar-refractivity contribution in [2.75, 3.05) is 59.4 Å². The van der Waals surface area contributed by atoms with E-state index in [0.29, 0.717) is 26.2 Å². The van der Waals surface area contributed by atoms with Crippen LogP contribution in [0.2, 0.25) is 0 Å². The van der Waals surface area contributed by atoms with E-state index in [1.165, 1.54) is 103 Å². The normalized spacial score (nSPS) is 14.4. The second-order valence-corrected chi connectivity index (χ2v) is 23.7. The molecule has 0 saturated heterocycles. The standard InChI is InChI=1S/C73H135N3O4/c1-6-10-14-18-22-26-30-34-38-42-46-50-54-58-70(77)66-75(67-71(78)59-55-51-47-43-39-35-31-27-23-19-15-11-7-2)64-62-74(5)63-65-76(68-72(79)60-56-52-48-44-40-36-32-28-24-20-16-12-8-3)69-73(80)61-57-53-49-45-41-37-33-29-25-21-17-13-9-4/h22-29,34-41,70-73,77-80H,6-21,30-33,42-69H2,1-5H3/b26-22-,27-23-,28-24-,29-25-,38-34-,39-35-,40-36-,41-37-. The minimum Gasteiger partial charge on any atom is -0.392 e. The smallest absolute Gasteiger partial charge is 0.0667 e. The number of unbranched alkanes of at least 4 members (excludes halogenated alkanes) is 24. The summed E-state index contributed by atoms with van der Waals surface area (Å²) >= 11 is 0. The van der Waals surface area contributed by atoms with Crippen molar-refractivity contribution in [2.45, 2.75) is 309 Å². The van der Waals surface area contributed by atoms with Gasteiger partial charge in [-0.15, -0.1) is 0 Å². The summed E-state index contributed by atoms with van der Waals surface area (Å²) in [6.07, 6.45) is 80.3. The summed E-state index contributed by atoms with van der Waals surface area (Å²) in [6.45, 7) is 14.5. The van der Waals surface area contributed by atoms with E-state index in [4.69, 9.17) is 0 Å². The Hall–Kier alpha value is -2.36.